The molecular formula is C15H20FN. The van der Waals surface area contributed by atoms with Crippen molar-refractivity contribution in [1.82, 2.24) is 5.32 Å². The largest absolute Gasteiger partial charge is 0.314 e. The van der Waals surface area contributed by atoms with Gasteiger partial charge < -0.3 is 5.32 Å². The molecule has 1 atom stereocenters. The second-order valence-electron chi connectivity index (χ2n) is 5.61. The Morgan fingerprint density at radius 1 is 1.12 bits per heavy atom. The summed E-state index contributed by atoms with van der Waals surface area (Å²) in [6.07, 6.45) is 6.59. The van der Waals surface area contributed by atoms with E-state index in [0.29, 0.717) is 0 Å². The van der Waals surface area contributed by atoms with Gasteiger partial charge in [-0.15, -0.1) is 0 Å². The first kappa shape index (κ1) is 11.2. The molecule has 3 rings (SSSR count). The topological polar surface area (TPSA) is 12.0 Å². The predicted octanol–water partition coefficient (Wildman–Crippen LogP) is 3.15. The van der Waals surface area contributed by atoms with Crippen molar-refractivity contribution in [2.24, 2.45) is 11.8 Å². The molecule has 17 heavy (non-hydrogen) atoms. The molecule has 0 spiro atoms. The smallest absolute Gasteiger partial charge is 0.123 e. The van der Waals surface area contributed by atoms with Crippen molar-refractivity contribution in [1.29, 1.82) is 0 Å². The van der Waals surface area contributed by atoms with Gasteiger partial charge in [0.25, 0.3) is 0 Å². The zero-order chi connectivity index (χ0) is 11.7. The molecule has 1 N–H and O–H groups in total. The fourth-order valence-corrected chi connectivity index (χ4v) is 2.50. The maximum Gasteiger partial charge on any atom is 0.123 e. The van der Waals surface area contributed by atoms with Gasteiger partial charge in [0.1, 0.15) is 5.82 Å². The standard InChI is InChI=1S/C15H20FN/c16-14-5-1-11(2-6-14)9-13(12-3-4-12)10-17-15-7-8-15/h1-2,5-6,12-13,15,17H,3-4,7-10H2. The van der Waals surface area contributed by atoms with Crippen molar-refractivity contribution in [3.8, 4) is 0 Å². The minimum atomic E-state index is -0.132. The highest BCUT2D eigenvalue weighted by molar-refractivity contribution is 5.17. The van der Waals surface area contributed by atoms with Crippen LogP contribution < -0.4 is 5.32 Å². The van der Waals surface area contributed by atoms with Crippen LogP contribution in [0.2, 0.25) is 0 Å². The summed E-state index contributed by atoms with van der Waals surface area (Å²) in [5.74, 6) is 1.53. The van der Waals surface area contributed by atoms with Crippen LogP contribution in [0.15, 0.2) is 24.3 Å². The normalized spacial score (nSPS) is 21.5. The van der Waals surface area contributed by atoms with Gasteiger partial charge in [-0.05, 0) is 68.2 Å². The minimum absolute atomic E-state index is 0.132. The third-order valence-corrected chi connectivity index (χ3v) is 3.95. The van der Waals surface area contributed by atoms with E-state index in [1.807, 2.05) is 12.1 Å². The summed E-state index contributed by atoms with van der Waals surface area (Å²) in [5.41, 5.74) is 1.28. The molecule has 0 aromatic heterocycles. The maximum atomic E-state index is 12.8. The molecule has 2 saturated carbocycles. The second-order valence-corrected chi connectivity index (χ2v) is 5.61. The van der Waals surface area contributed by atoms with Crippen LogP contribution in [-0.4, -0.2) is 12.6 Å². The molecule has 1 unspecified atom stereocenters. The Morgan fingerprint density at radius 2 is 1.82 bits per heavy atom. The Bertz CT molecular complexity index is 365. The van der Waals surface area contributed by atoms with E-state index < -0.39 is 0 Å². The molecule has 0 heterocycles. The maximum absolute atomic E-state index is 12.8. The molecule has 0 aliphatic heterocycles. The number of rotatable bonds is 6. The minimum Gasteiger partial charge on any atom is -0.314 e. The van der Waals surface area contributed by atoms with Gasteiger partial charge in [0.2, 0.25) is 0 Å². The fraction of sp³-hybridized carbons (Fsp3) is 0.600. The zero-order valence-electron chi connectivity index (χ0n) is 10.2. The quantitative estimate of drug-likeness (QED) is 0.796. The number of benzene rings is 1. The van der Waals surface area contributed by atoms with Gasteiger partial charge in [-0.3, -0.25) is 0 Å². The zero-order valence-corrected chi connectivity index (χ0v) is 10.2. The Morgan fingerprint density at radius 3 is 2.41 bits per heavy atom. The van der Waals surface area contributed by atoms with Crippen LogP contribution in [0.1, 0.15) is 31.2 Å². The van der Waals surface area contributed by atoms with Gasteiger partial charge in [-0.2, -0.15) is 0 Å². The number of hydrogen-bond acceptors (Lipinski definition) is 1. The van der Waals surface area contributed by atoms with Crippen LogP contribution in [0.4, 0.5) is 4.39 Å². The Hall–Kier alpha value is -0.890. The summed E-state index contributed by atoms with van der Waals surface area (Å²) in [7, 11) is 0. The predicted molar refractivity (Wildman–Crippen MR) is 67.3 cm³/mol. The van der Waals surface area contributed by atoms with E-state index in [1.54, 1.807) is 12.1 Å². The molecule has 0 radical (unpaired) electrons. The van der Waals surface area contributed by atoms with Crippen molar-refractivity contribution in [3.63, 3.8) is 0 Å². The van der Waals surface area contributed by atoms with Gasteiger partial charge in [-0.1, -0.05) is 12.1 Å². The van der Waals surface area contributed by atoms with Crippen LogP contribution in [0, 0.1) is 17.7 Å². The van der Waals surface area contributed by atoms with Crippen molar-refractivity contribution < 1.29 is 4.39 Å². The van der Waals surface area contributed by atoms with Gasteiger partial charge in [-0.25, -0.2) is 4.39 Å². The van der Waals surface area contributed by atoms with Crippen LogP contribution in [0.25, 0.3) is 0 Å². The molecule has 1 aromatic rings. The van der Waals surface area contributed by atoms with E-state index in [0.717, 1.165) is 30.8 Å². The number of halogens is 1. The molecule has 0 bridgehead atoms. The van der Waals surface area contributed by atoms with E-state index in [9.17, 15) is 4.39 Å². The van der Waals surface area contributed by atoms with E-state index in [1.165, 1.54) is 31.2 Å². The first-order valence-electron chi connectivity index (χ1n) is 6.79. The third-order valence-electron chi connectivity index (χ3n) is 3.95. The lowest BCUT2D eigenvalue weighted by molar-refractivity contribution is 0.422. The lowest BCUT2D eigenvalue weighted by Crippen LogP contribution is -2.27. The first-order chi connectivity index (χ1) is 8.31. The van der Waals surface area contributed by atoms with E-state index in [-0.39, 0.29) is 5.82 Å². The summed E-state index contributed by atoms with van der Waals surface area (Å²) in [6.45, 7) is 1.15. The Kier molecular flexibility index (Phi) is 3.15. The van der Waals surface area contributed by atoms with E-state index in [2.05, 4.69) is 5.32 Å². The SMILES string of the molecule is Fc1ccc(CC(CNC2CC2)C2CC2)cc1. The van der Waals surface area contributed by atoms with Crippen molar-refractivity contribution in [3.05, 3.63) is 35.6 Å². The van der Waals surface area contributed by atoms with Gasteiger partial charge in [0.15, 0.2) is 0 Å². The Labute approximate surface area is 102 Å². The monoisotopic (exact) mass is 233 g/mol. The van der Waals surface area contributed by atoms with Crippen molar-refractivity contribution in [2.45, 2.75) is 38.1 Å². The molecule has 1 nitrogen and oxygen atoms in total. The van der Waals surface area contributed by atoms with E-state index >= 15 is 0 Å². The van der Waals surface area contributed by atoms with Crippen LogP contribution >= 0.6 is 0 Å². The molecular weight excluding hydrogens is 213 g/mol. The molecule has 2 fully saturated rings. The molecule has 2 aliphatic carbocycles. The first-order valence-corrected chi connectivity index (χ1v) is 6.79. The van der Waals surface area contributed by atoms with Crippen molar-refractivity contribution >= 4 is 0 Å². The van der Waals surface area contributed by atoms with Crippen LogP contribution in [0.5, 0.6) is 0 Å². The summed E-state index contributed by atoms with van der Waals surface area (Å²) in [4.78, 5) is 0. The highest BCUT2D eigenvalue weighted by Crippen LogP contribution is 2.38. The molecule has 92 valence electrons. The summed E-state index contributed by atoms with van der Waals surface area (Å²) >= 11 is 0. The molecule has 1 aromatic carbocycles. The molecule has 0 saturated heterocycles. The highest BCUT2D eigenvalue weighted by Gasteiger charge is 2.32. The Balaban J connectivity index is 1.56. The average Bonchev–Trinajstić information content (AvgIpc) is 3.18. The average molecular weight is 233 g/mol. The van der Waals surface area contributed by atoms with Gasteiger partial charge in [0, 0.05) is 6.04 Å². The third kappa shape index (κ3) is 3.29. The van der Waals surface area contributed by atoms with Crippen molar-refractivity contribution in [2.75, 3.05) is 6.54 Å². The fourth-order valence-electron chi connectivity index (χ4n) is 2.50. The van der Waals surface area contributed by atoms with Gasteiger partial charge in [0.05, 0.1) is 0 Å². The molecule has 2 aliphatic rings. The summed E-state index contributed by atoms with van der Waals surface area (Å²) in [6, 6.07) is 7.81. The second kappa shape index (κ2) is 4.77. The lowest BCUT2D eigenvalue weighted by Gasteiger charge is -2.17. The summed E-state index contributed by atoms with van der Waals surface area (Å²) in [5, 5.41) is 3.64. The highest BCUT2D eigenvalue weighted by atomic mass is 19.1. The summed E-state index contributed by atoms with van der Waals surface area (Å²) < 4.78 is 12.8. The van der Waals surface area contributed by atoms with E-state index in [4.69, 9.17) is 0 Å². The van der Waals surface area contributed by atoms with Gasteiger partial charge >= 0.3 is 0 Å². The number of nitrogens with one attached hydrogen (secondary N) is 1. The van der Waals surface area contributed by atoms with Crippen LogP contribution in [0.3, 0.4) is 0 Å². The molecule has 0 amide bonds. The molecule has 2 heteroatoms. The number of hydrogen-bond donors (Lipinski definition) is 1. The van der Waals surface area contributed by atoms with Crippen LogP contribution in [-0.2, 0) is 6.42 Å². The lowest BCUT2D eigenvalue weighted by atomic mass is 9.94.